The molecule has 0 unspecified atom stereocenters. The lowest BCUT2D eigenvalue weighted by molar-refractivity contribution is -0.152. The first kappa shape index (κ1) is 21.9. The number of hydrogen-bond acceptors (Lipinski definition) is 4. The zero-order chi connectivity index (χ0) is 21.7. The average molecular weight is 408 g/mol. The number of carbonyl (C=O) groups excluding carboxylic acids is 3. The second-order valence-corrected chi connectivity index (χ2v) is 6.33. The summed E-state index contributed by atoms with van der Waals surface area (Å²) >= 11 is 0. The summed E-state index contributed by atoms with van der Waals surface area (Å²) in [5, 5.41) is 4.37. The summed E-state index contributed by atoms with van der Waals surface area (Å²) in [6.45, 7) is 4.45. The Hall–Kier alpha value is -3.36. The molecule has 0 saturated heterocycles. The molecule has 154 valence electrons. The van der Waals surface area contributed by atoms with Gasteiger partial charge in [0.1, 0.15) is 6.54 Å². The fraction of sp³-hybridized carbons (Fsp3) is 0.250. The lowest BCUT2D eigenvalue weighted by Gasteiger charge is -2.14. The molecule has 0 spiro atoms. The van der Waals surface area contributed by atoms with Crippen LogP contribution >= 0.6 is 0 Å². The van der Waals surface area contributed by atoms with E-state index in [2.05, 4.69) is 5.32 Å². The minimum atomic E-state index is -1.73. The summed E-state index contributed by atoms with van der Waals surface area (Å²) in [7, 11) is 0. The zero-order valence-corrected chi connectivity index (χ0v) is 15.9. The topological polar surface area (TPSA) is 84.5 Å². The average Bonchev–Trinajstić information content (AvgIpc) is 2.68. The van der Waals surface area contributed by atoms with Crippen LogP contribution in [-0.4, -0.2) is 30.4 Å². The molecule has 1 atom stereocenters. The van der Waals surface area contributed by atoms with Crippen molar-refractivity contribution >= 4 is 23.5 Å². The molecule has 2 amide bonds. The minimum Gasteiger partial charge on any atom is -0.451 e. The van der Waals surface area contributed by atoms with Crippen LogP contribution in [0.3, 0.4) is 0 Å². The Kier molecular flexibility index (Phi) is 6.98. The maximum absolute atomic E-state index is 13.6. The number of hydrogen-bond donors (Lipinski definition) is 2. The lowest BCUT2D eigenvalue weighted by atomic mass is 10.1. The summed E-state index contributed by atoms with van der Waals surface area (Å²) in [4.78, 5) is 35.9. The molecule has 2 aromatic carbocycles. The van der Waals surface area contributed by atoms with Gasteiger partial charge in [-0.15, -0.1) is 0 Å². The SMILES string of the molecule is Cc1ccc(C(=O)NCC(=O)O[C@H](C)C(=O)Nc2ccc(F)c(F)c2F)cc1C. The highest BCUT2D eigenvalue weighted by Crippen LogP contribution is 2.20. The van der Waals surface area contributed by atoms with Crippen LogP contribution in [0.4, 0.5) is 18.9 Å². The van der Waals surface area contributed by atoms with Crippen molar-refractivity contribution < 1.29 is 32.3 Å². The van der Waals surface area contributed by atoms with Crippen LogP contribution < -0.4 is 10.6 Å². The van der Waals surface area contributed by atoms with Gasteiger partial charge in [-0.3, -0.25) is 14.4 Å². The number of amides is 2. The summed E-state index contributed by atoms with van der Waals surface area (Å²) in [5.74, 6) is -7.07. The van der Waals surface area contributed by atoms with Crippen molar-refractivity contribution in [2.75, 3.05) is 11.9 Å². The molecule has 0 aromatic heterocycles. The fourth-order valence-electron chi connectivity index (χ4n) is 2.29. The maximum atomic E-state index is 13.6. The first-order chi connectivity index (χ1) is 13.6. The molecule has 0 aliphatic carbocycles. The van der Waals surface area contributed by atoms with E-state index in [4.69, 9.17) is 4.74 Å². The normalized spacial score (nSPS) is 11.5. The van der Waals surface area contributed by atoms with Crippen molar-refractivity contribution in [1.82, 2.24) is 5.32 Å². The van der Waals surface area contributed by atoms with Gasteiger partial charge in [0.2, 0.25) is 0 Å². The fourth-order valence-corrected chi connectivity index (χ4v) is 2.29. The standard InChI is InChI=1S/C20H19F3N2O4/c1-10-4-5-13(8-11(10)2)20(28)24-9-16(26)29-12(3)19(27)25-15-7-6-14(21)17(22)18(15)23/h4-8,12H,9H2,1-3H3,(H,24,28)(H,25,27)/t12-/m1/s1. The van der Waals surface area contributed by atoms with Crippen LogP contribution in [0.2, 0.25) is 0 Å². The van der Waals surface area contributed by atoms with Gasteiger partial charge in [0.15, 0.2) is 23.6 Å². The molecule has 0 saturated carbocycles. The van der Waals surface area contributed by atoms with Gasteiger partial charge in [-0.05, 0) is 56.2 Å². The molecule has 2 aromatic rings. The van der Waals surface area contributed by atoms with Gasteiger partial charge in [-0.2, -0.15) is 0 Å². The number of esters is 1. The quantitative estimate of drug-likeness (QED) is 0.569. The molecule has 6 nitrogen and oxygen atoms in total. The molecule has 0 aliphatic heterocycles. The van der Waals surface area contributed by atoms with E-state index in [0.717, 1.165) is 17.2 Å². The number of ether oxygens (including phenoxy) is 1. The van der Waals surface area contributed by atoms with Gasteiger partial charge in [-0.1, -0.05) is 6.07 Å². The van der Waals surface area contributed by atoms with Crippen LogP contribution in [0, 0.1) is 31.3 Å². The molecule has 9 heteroatoms. The van der Waals surface area contributed by atoms with Crippen molar-refractivity contribution in [2.24, 2.45) is 0 Å². The van der Waals surface area contributed by atoms with E-state index in [9.17, 15) is 27.6 Å². The Morgan fingerprint density at radius 3 is 2.34 bits per heavy atom. The third-order valence-electron chi connectivity index (χ3n) is 4.13. The first-order valence-electron chi connectivity index (χ1n) is 8.59. The first-order valence-corrected chi connectivity index (χ1v) is 8.59. The Morgan fingerprint density at radius 2 is 1.69 bits per heavy atom. The van der Waals surface area contributed by atoms with Crippen molar-refractivity contribution in [3.63, 3.8) is 0 Å². The number of anilines is 1. The summed E-state index contributed by atoms with van der Waals surface area (Å²) in [6, 6.07) is 6.53. The summed E-state index contributed by atoms with van der Waals surface area (Å²) < 4.78 is 44.5. The third-order valence-corrected chi connectivity index (χ3v) is 4.13. The van der Waals surface area contributed by atoms with Crippen LogP contribution in [0.1, 0.15) is 28.4 Å². The lowest BCUT2D eigenvalue weighted by Crippen LogP contribution is -2.36. The molecule has 0 heterocycles. The Balaban J connectivity index is 1.88. The molecule has 0 aliphatic rings. The summed E-state index contributed by atoms with van der Waals surface area (Å²) in [5.41, 5.74) is 1.69. The van der Waals surface area contributed by atoms with Gasteiger partial charge in [0.25, 0.3) is 11.8 Å². The molecule has 2 rings (SSSR count). The highest BCUT2D eigenvalue weighted by molar-refractivity contribution is 5.97. The monoisotopic (exact) mass is 408 g/mol. The summed E-state index contributed by atoms with van der Waals surface area (Å²) in [6.07, 6.45) is -1.37. The third kappa shape index (κ3) is 5.56. The highest BCUT2D eigenvalue weighted by Gasteiger charge is 2.21. The predicted molar refractivity (Wildman–Crippen MR) is 98.7 cm³/mol. The molecular weight excluding hydrogens is 389 g/mol. The number of nitrogens with one attached hydrogen (secondary N) is 2. The van der Waals surface area contributed by atoms with E-state index < -0.39 is 53.6 Å². The second kappa shape index (κ2) is 9.22. The van der Waals surface area contributed by atoms with Crippen LogP contribution in [0.25, 0.3) is 0 Å². The second-order valence-electron chi connectivity index (χ2n) is 6.33. The number of aryl methyl sites for hydroxylation is 2. The molecular formula is C20H19F3N2O4. The Bertz CT molecular complexity index is 963. The van der Waals surface area contributed by atoms with Crippen molar-refractivity contribution in [2.45, 2.75) is 26.9 Å². The maximum Gasteiger partial charge on any atom is 0.326 e. The van der Waals surface area contributed by atoms with E-state index in [1.54, 1.807) is 18.2 Å². The number of carbonyl (C=O) groups is 3. The van der Waals surface area contributed by atoms with Crippen LogP contribution in [-0.2, 0) is 14.3 Å². The number of rotatable bonds is 6. The van der Waals surface area contributed by atoms with E-state index in [0.29, 0.717) is 11.6 Å². The van der Waals surface area contributed by atoms with Crippen molar-refractivity contribution in [1.29, 1.82) is 0 Å². The van der Waals surface area contributed by atoms with Gasteiger partial charge < -0.3 is 15.4 Å². The molecule has 29 heavy (non-hydrogen) atoms. The van der Waals surface area contributed by atoms with Crippen LogP contribution in [0.15, 0.2) is 30.3 Å². The van der Waals surface area contributed by atoms with E-state index >= 15 is 0 Å². The Labute approximate surface area is 165 Å². The van der Waals surface area contributed by atoms with E-state index in [1.165, 1.54) is 6.92 Å². The van der Waals surface area contributed by atoms with Gasteiger partial charge >= 0.3 is 5.97 Å². The van der Waals surface area contributed by atoms with Crippen molar-refractivity contribution in [3.8, 4) is 0 Å². The van der Waals surface area contributed by atoms with Gasteiger partial charge in [0, 0.05) is 5.56 Å². The zero-order valence-electron chi connectivity index (χ0n) is 15.9. The van der Waals surface area contributed by atoms with E-state index in [1.807, 2.05) is 19.2 Å². The minimum absolute atomic E-state index is 0.362. The van der Waals surface area contributed by atoms with Crippen molar-refractivity contribution in [3.05, 3.63) is 64.5 Å². The number of halogens is 3. The predicted octanol–water partition coefficient (Wildman–Crippen LogP) is 3.02. The molecule has 2 N–H and O–H groups in total. The molecule has 0 fully saturated rings. The van der Waals surface area contributed by atoms with Gasteiger partial charge in [-0.25, -0.2) is 13.2 Å². The van der Waals surface area contributed by atoms with Gasteiger partial charge in [0.05, 0.1) is 5.69 Å². The van der Waals surface area contributed by atoms with E-state index in [-0.39, 0.29) is 0 Å². The van der Waals surface area contributed by atoms with Crippen LogP contribution in [0.5, 0.6) is 0 Å². The molecule has 0 radical (unpaired) electrons. The molecule has 0 bridgehead atoms. The Morgan fingerprint density at radius 1 is 1.00 bits per heavy atom. The number of benzene rings is 2. The largest absolute Gasteiger partial charge is 0.451 e. The highest BCUT2D eigenvalue weighted by atomic mass is 19.2. The smallest absolute Gasteiger partial charge is 0.326 e.